The summed E-state index contributed by atoms with van der Waals surface area (Å²) in [6.07, 6.45) is 0.0661. The molecule has 0 bridgehead atoms. The number of anilines is 1. The van der Waals surface area contributed by atoms with Crippen LogP contribution in [0.3, 0.4) is 0 Å². The first kappa shape index (κ1) is 17.2. The quantitative estimate of drug-likeness (QED) is 0.802. The number of hydrogen-bond donors (Lipinski definition) is 1. The zero-order valence-corrected chi connectivity index (χ0v) is 14.4. The molecule has 0 aliphatic carbocycles. The molecule has 1 aromatic carbocycles. The summed E-state index contributed by atoms with van der Waals surface area (Å²) < 4.78 is 1.68. The molecule has 8 heteroatoms. The number of rotatable bonds is 3. The highest BCUT2D eigenvalue weighted by atomic mass is 16.4. The van der Waals surface area contributed by atoms with Gasteiger partial charge in [0.1, 0.15) is 0 Å². The van der Waals surface area contributed by atoms with Crippen molar-refractivity contribution in [3.63, 3.8) is 0 Å². The second-order valence-electron chi connectivity index (χ2n) is 6.62. The Labute approximate surface area is 154 Å². The van der Waals surface area contributed by atoms with E-state index in [1.165, 1.54) is 30.3 Å². The molecule has 1 N–H and O–H groups in total. The van der Waals surface area contributed by atoms with E-state index >= 15 is 0 Å². The highest BCUT2D eigenvalue weighted by molar-refractivity contribution is 6.22. The van der Waals surface area contributed by atoms with Crippen molar-refractivity contribution in [3.05, 3.63) is 64.1 Å². The molecule has 2 aliphatic rings. The van der Waals surface area contributed by atoms with Gasteiger partial charge in [0.25, 0.3) is 11.5 Å². The first-order valence-corrected chi connectivity index (χ1v) is 8.58. The van der Waals surface area contributed by atoms with Crippen LogP contribution in [0.25, 0.3) is 0 Å². The van der Waals surface area contributed by atoms with Crippen LogP contribution < -0.4 is 10.5 Å². The number of carbonyl (C=O) groups is 3. The highest BCUT2D eigenvalue weighted by Crippen LogP contribution is 2.27. The lowest BCUT2D eigenvalue weighted by Crippen LogP contribution is -2.47. The Morgan fingerprint density at radius 3 is 2.44 bits per heavy atom. The Morgan fingerprint density at radius 2 is 1.74 bits per heavy atom. The van der Waals surface area contributed by atoms with Crippen molar-refractivity contribution in [2.75, 3.05) is 11.4 Å². The SMILES string of the molecule is O=C(O)c1ccc(N2C(=O)C[C@H](N3CCn4c(cccc4=O)C3)C2=O)cc1. The van der Waals surface area contributed by atoms with E-state index in [1.54, 1.807) is 10.6 Å². The molecular weight excluding hydrogens is 350 g/mol. The number of aromatic carboxylic acids is 1. The van der Waals surface area contributed by atoms with Crippen molar-refractivity contribution < 1.29 is 19.5 Å². The van der Waals surface area contributed by atoms with Gasteiger partial charge >= 0.3 is 5.97 Å². The van der Waals surface area contributed by atoms with Gasteiger partial charge in [0.2, 0.25) is 5.91 Å². The van der Waals surface area contributed by atoms with Crippen LogP contribution in [-0.2, 0) is 22.7 Å². The Hall–Kier alpha value is -3.26. The maximum Gasteiger partial charge on any atom is 0.335 e. The topological polar surface area (TPSA) is 99.9 Å². The number of carboxylic acid groups (broad SMARTS) is 1. The zero-order valence-electron chi connectivity index (χ0n) is 14.4. The van der Waals surface area contributed by atoms with E-state index in [0.29, 0.717) is 25.3 Å². The third kappa shape index (κ3) is 2.93. The van der Waals surface area contributed by atoms with Crippen molar-refractivity contribution >= 4 is 23.5 Å². The van der Waals surface area contributed by atoms with Crippen molar-refractivity contribution in [2.45, 2.75) is 25.6 Å². The molecule has 1 aromatic heterocycles. The van der Waals surface area contributed by atoms with Crippen LogP contribution in [0.5, 0.6) is 0 Å². The normalized spacial score (nSPS) is 20.0. The molecule has 138 valence electrons. The summed E-state index contributed by atoms with van der Waals surface area (Å²) in [7, 11) is 0. The van der Waals surface area contributed by atoms with Gasteiger partial charge in [0.05, 0.1) is 23.7 Å². The van der Waals surface area contributed by atoms with E-state index in [9.17, 15) is 19.2 Å². The first-order valence-electron chi connectivity index (χ1n) is 8.58. The van der Waals surface area contributed by atoms with Gasteiger partial charge in [-0.15, -0.1) is 0 Å². The molecule has 3 heterocycles. The number of imide groups is 1. The second kappa shape index (κ2) is 6.48. The second-order valence-corrected chi connectivity index (χ2v) is 6.62. The molecule has 2 aliphatic heterocycles. The molecular formula is C19H17N3O5. The van der Waals surface area contributed by atoms with Gasteiger partial charge in [-0.2, -0.15) is 0 Å². The number of carbonyl (C=O) groups excluding carboxylic acids is 2. The van der Waals surface area contributed by atoms with Crippen molar-refractivity contribution in [3.8, 4) is 0 Å². The van der Waals surface area contributed by atoms with Gasteiger partial charge in [0.15, 0.2) is 0 Å². The van der Waals surface area contributed by atoms with Crippen molar-refractivity contribution in [1.29, 1.82) is 0 Å². The minimum atomic E-state index is -1.07. The fourth-order valence-corrected chi connectivity index (χ4v) is 3.66. The minimum Gasteiger partial charge on any atom is -0.478 e. The number of benzene rings is 1. The van der Waals surface area contributed by atoms with Crippen LogP contribution in [-0.4, -0.2) is 44.9 Å². The number of amides is 2. The van der Waals surface area contributed by atoms with Crippen LogP contribution in [0.1, 0.15) is 22.5 Å². The number of nitrogens with zero attached hydrogens (tertiary/aromatic N) is 3. The summed E-state index contributed by atoms with van der Waals surface area (Å²) >= 11 is 0. The maximum atomic E-state index is 12.9. The largest absolute Gasteiger partial charge is 0.478 e. The van der Waals surface area contributed by atoms with Crippen LogP contribution in [0.4, 0.5) is 5.69 Å². The number of aromatic nitrogens is 1. The fraction of sp³-hybridized carbons (Fsp3) is 0.263. The molecule has 1 saturated heterocycles. The van der Waals surface area contributed by atoms with E-state index in [4.69, 9.17) is 5.11 Å². The van der Waals surface area contributed by atoms with E-state index in [-0.39, 0.29) is 29.4 Å². The third-order valence-electron chi connectivity index (χ3n) is 5.05. The summed E-state index contributed by atoms with van der Waals surface area (Å²) in [6, 6.07) is 10.1. The minimum absolute atomic E-state index is 0.0661. The Morgan fingerprint density at radius 1 is 1.00 bits per heavy atom. The predicted octanol–water partition coefficient (Wildman–Crippen LogP) is 0.694. The molecule has 4 rings (SSSR count). The Balaban J connectivity index is 1.56. The monoisotopic (exact) mass is 367 g/mol. The summed E-state index contributed by atoms with van der Waals surface area (Å²) in [5.74, 6) is -1.71. The van der Waals surface area contributed by atoms with Gasteiger partial charge < -0.3 is 9.67 Å². The van der Waals surface area contributed by atoms with Crippen molar-refractivity contribution in [1.82, 2.24) is 9.47 Å². The molecule has 27 heavy (non-hydrogen) atoms. The number of fused-ring (bicyclic) bond motifs is 1. The Kier molecular flexibility index (Phi) is 4.12. The van der Waals surface area contributed by atoms with Crippen LogP contribution in [0.15, 0.2) is 47.3 Å². The standard InChI is InChI=1S/C19H17N3O5/c23-16-3-1-2-14-11-20(8-9-21(14)16)15-10-17(24)22(18(15)25)13-6-4-12(5-7-13)19(26)27/h1-7,15H,8-11H2,(H,26,27)/t15-/m0/s1. The lowest BCUT2D eigenvalue weighted by molar-refractivity contribution is -0.123. The summed E-state index contributed by atoms with van der Waals surface area (Å²) in [5, 5.41) is 8.98. The number of carboxylic acids is 1. The number of hydrogen-bond acceptors (Lipinski definition) is 5. The van der Waals surface area contributed by atoms with Crippen LogP contribution in [0, 0.1) is 0 Å². The number of pyridine rings is 1. The summed E-state index contributed by atoms with van der Waals surface area (Å²) in [5.41, 5.74) is 1.21. The molecule has 1 fully saturated rings. The Bertz CT molecular complexity index is 995. The molecule has 8 nitrogen and oxygen atoms in total. The molecule has 2 aromatic rings. The van der Waals surface area contributed by atoms with Crippen molar-refractivity contribution in [2.24, 2.45) is 0 Å². The van der Waals surface area contributed by atoms with E-state index in [1.807, 2.05) is 11.0 Å². The molecule has 0 saturated carbocycles. The molecule has 0 radical (unpaired) electrons. The maximum absolute atomic E-state index is 12.9. The molecule has 0 unspecified atom stereocenters. The van der Waals surface area contributed by atoms with E-state index in [0.717, 1.165) is 10.6 Å². The lowest BCUT2D eigenvalue weighted by atomic mass is 10.1. The first-order chi connectivity index (χ1) is 13.0. The van der Waals surface area contributed by atoms with Crippen LogP contribution in [0.2, 0.25) is 0 Å². The summed E-state index contributed by atoms with van der Waals surface area (Å²) in [4.78, 5) is 51.2. The molecule has 0 spiro atoms. The smallest absolute Gasteiger partial charge is 0.335 e. The van der Waals surface area contributed by atoms with Gasteiger partial charge in [-0.3, -0.25) is 19.3 Å². The lowest BCUT2D eigenvalue weighted by Gasteiger charge is -2.32. The van der Waals surface area contributed by atoms with Gasteiger partial charge in [-0.1, -0.05) is 6.07 Å². The van der Waals surface area contributed by atoms with Gasteiger partial charge in [0, 0.05) is 31.4 Å². The van der Waals surface area contributed by atoms with Gasteiger partial charge in [-0.25, -0.2) is 9.69 Å². The third-order valence-corrected chi connectivity index (χ3v) is 5.05. The van der Waals surface area contributed by atoms with E-state index < -0.39 is 12.0 Å². The molecule has 2 amide bonds. The zero-order chi connectivity index (χ0) is 19.1. The highest BCUT2D eigenvalue weighted by Gasteiger charge is 2.43. The average Bonchev–Trinajstić information content (AvgIpc) is 2.96. The molecule has 1 atom stereocenters. The average molecular weight is 367 g/mol. The summed E-state index contributed by atoms with van der Waals surface area (Å²) in [6.45, 7) is 1.40. The van der Waals surface area contributed by atoms with Gasteiger partial charge in [-0.05, 0) is 30.3 Å². The van der Waals surface area contributed by atoms with E-state index in [2.05, 4.69) is 0 Å². The predicted molar refractivity (Wildman–Crippen MR) is 95.4 cm³/mol. The van der Waals surface area contributed by atoms with Crippen LogP contribution >= 0.6 is 0 Å². The fourth-order valence-electron chi connectivity index (χ4n) is 3.66.